The van der Waals surface area contributed by atoms with Crippen molar-refractivity contribution in [3.8, 4) is 50.7 Å². The zero-order chi connectivity index (χ0) is 49.1. The van der Waals surface area contributed by atoms with E-state index >= 15 is 0 Å². The first kappa shape index (κ1) is 47.6. The SMILES string of the molecule is COC(=O)N[C@H](C(=O)N1CCCC1c1nc(-c2ccc(-c3ccc(-c4ccc(-c5c[nH]c([C@@H]6CCCN6C(=O)[C@@H](NC(=O)O)C(C)C)n5)cc4)n3-c3ccc(N4CCCCC4)nc3)cc2)c[nH]1)C(C)C. The molecule has 0 saturated carbocycles. The van der Waals surface area contributed by atoms with Gasteiger partial charge in [0.2, 0.25) is 11.8 Å². The molecule has 17 nitrogen and oxygen atoms in total. The maximum Gasteiger partial charge on any atom is 0.407 e. The summed E-state index contributed by atoms with van der Waals surface area (Å²) in [7, 11) is 1.29. The largest absolute Gasteiger partial charge is 0.465 e. The Bertz CT molecular complexity index is 2790. The maximum absolute atomic E-state index is 13.8. The van der Waals surface area contributed by atoms with Gasteiger partial charge in [0.05, 0.1) is 53.9 Å². The van der Waals surface area contributed by atoms with Gasteiger partial charge in [-0.2, -0.15) is 0 Å². The molecule has 2 aromatic carbocycles. The fraction of sp³-hybridized carbons (Fsp3) is 0.415. The summed E-state index contributed by atoms with van der Waals surface area (Å²) in [6.45, 7) is 10.6. The zero-order valence-corrected chi connectivity index (χ0v) is 40.5. The Morgan fingerprint density at radius 3 is 1.56 bits per heavy atom. The number of anilines is 1. The number of piperidine rings is 1. The van der Waals surface area contributed by atoms with Crippen molar-refractivity contribution < 1.29 is 29.0 Å². The van der Waals surface area contributed by atoms with Gasteiger partial charge in [0.25, 0.3) is 0 Å². The maximum atomic E-state index is 13.8. The number of imidazole rings is 2. The summed E-state index contributed by atoms with van der Waals surface area (Å²) in [6, 6.07) is 23.1. The number of benzene rings is 2. The molecule has 5 N–H and O–H groups in total. The number of rotatable bonds is 14. The second-order valence-electron chi connectivity index (χ2n) is 19.3. The number of aromatic nitrogens is 6. The number of hydrogen-bond acceptors (Lipinski definition) is 9. The first-order chi connectivity index (χ1) is 33.9. The van der Waals surface area contributed by atoms with Crippen molar-refractivity contribution in [1.82, 2.24) is 49.9 Å². The summed E-state index contributed by atoms with van der Waals surface area (Å²) in [6.07, 6.45) is 10.6. The van der Waals surface area contributed by atoms with Crippen LogP contribution in [0, 0.1) is 11.8 Å². The van der Waals surface area contributed by atoms with Gasteiger partial charge in [-0.15, -0.1) is 0 Å². The lowest BCUT2D eigenvalue weighted by atomic mass is 10.0. The van der Waals surface area contributed by atoms with Crippen molar-refractivity contribution in [3.63, 3.8) is 0 Å². The van der Waals surface area contributed by atoms with Crippen molar-refractivity contribution in [2.24, 2.45) is 11.8 Å². The second kappa shape index (κ2) is 20.7. The van der Waals surface area contributed by atoms with E-state index in [0.29, 0.717) is 24.7 Å². The van der Waals surface area contributed by atoms with Gasteiger partial charge in [-0.25, -0.2) is 24.5 Å². The molecule has 3 aliphatic rings. The number of methoxy groups -OCH3 is 1. The molecule has 70 heavy (non-hydrogen) atoms. The molecule has 3 fully saturated rings. The summed E-state index contributed by atoms with van der Waals surface area (Å²) >= 11 is 0. The minimum absolute atomic E-state index is 0.124. The predicted molar refractivity (Wildman–Crippen MR) is 267 cm³/mol. The van der Waals surface area contributed by atoms with Crippen molar-refractivity contribution in [2.75, 3.05) is 38.2 Å². The molecule has 0 spiro atoms. The molecule has 4 atom stereocenters. The first-order valence-electron chi connectivity index (χ1n) is 24.6. The van der Waals surface area contributed by atoms with Crippen LogP contribution in [0.1, 0.15) is 96.4 Å². The van der Waals surface area contributed by atoms with E-state index in [2.05, 4.69) is 103 Å². The third-order valence-corrected chi connectivity index (χ3v) is 14.0. The Balaban J connectivity index is 0.971. The van der Waals surface area contributed by atoms with E-state index in [0.717, 1.165) is 108 Å². The van der Waals surface area contributed by atoms with Gasteiger partial charge >= 0.3 is 12.2 Å². The second-order valence-corrected chi connectivity index (χ2v) is 19.3. The Kier molecular flexibility index (Phi) is 14.1. The molecule has 0 bridgehead atoms. The number of pyridine rings is 1. The number of hydrogen-bond donors (Lipinski definition) is 5. The number of amides is 4. The highest BCUT2D eigenvalue weighted by Gasteiger charge is 2.39. The minimum atomic E-state index is -1.22. The van der Waals surface area contributed by atoms with Gasteiger partial charge in [0, 0.05) is 49.7 Å². The van der Waals surface area contributed by atoms with Crippen LogP contribution >= 0.6 is 0 Å². The average molecular weight is 950 g/mol. The highest BCUT2D eigenvalue weighted by Crippen LogP contribution is 2.37. The smallest absolute Gasteiger partial charge is 0.407 e. The molecule has 17 heteroatoms. The van der Waals surface area contributed by atoms with Crippen LogP contribution in [0.3, 0.4) is 0 Å². The van der Waals surface area contributed by atoms with Crippen LogP contribution in [-0.2, 0) is 14.3 Å². The molecule has 4 aromatic heterocycles. The zero-order valence-electron chi connectivity index (χ0n) is 40.5. The lowest BCUT2D eigenvalue weighted by Gasteiger charge is -2.29. The van der Waals surface area contributed by atoms with E-state index in [4.69, 9.17) is 19.7 Å². The minimum Gasteiger partial charge on any atom is -0.465 e. The first-order valence-corrected chi connectivity index (χ1v) is 24.6. The summed E-state index contributed by atoms with van der Waals surface area (Å²) < 4.78 is 7.05. The molecule has 3 saturated heterocycles. The number of alkyl carbamates (subject to hydrolysis) is 1. The molecule has 366 valence electrons. The van der Waals surface area contributed by atoms with Crippen LogP contribution in [0.25, 0.3) is 50.7 Å². The summed E-state index contributed by atoms with van der Waals surface area (Å²) in [5.41, 5.74) is 8.30. The monoisotopic (exact) mass is 949 g/mol. The van der Waals surface area contributed by atoms with Gasteiger partial charge in [0.1, 0.15) is 29.6 Å². The van der Waals surface area contributed by atoms with E-state index in [1.165, 1.54) is 13.5 Å². The Hall–Kier alpha value is -7.43. The molecular weight excluding hydrogens is 887 g/mol. The van der Waals surface area contributed by atoms with Gasteiger partial charge in [0.15, 0.2) is 0 Å². The van der Waals surface area contributed by atoms with E-state index in [-0.39, 0.29) is 35.7 Å². The van der Waals surface area contributed by atoms with Crippen LogP contribution in [0.4, 0.5) is 15.4 Å². The lowest BCUT2D eigenvalue weighted by Crippen LogP contribution is -2.51. The lowest BCUT2D eigenvalue weighted by molar-refractivity contribution is -0.136. The fourth-order valence-corrected chi connectivity index (χ4v) is 10.3. The number of likely N-dealkylation sites (tertiary alicyclic amines) is 2. The molecule has 3 aliphatic heterocycles. The van der Waals surface area contributed by atoms with Crippen molar-refractivity contribution >= 4 is 29.8 Å². The topological polar surface area (TPSA) is 207 Å². The van der Waals surface area contributed by atoms with Crippen LogP contribution < -0.4 is 15.5 Å². The van der Waals surface area contributed by atoms with E-state index in [1.807, 2.05) is 51.2 Å². The molecule has 0 aliphatic carbocycles. The van der Waals surface area contributed by atoms with Crippen LogP contribution in [0.5, 0.6) is 0 Å². The summed E-state index contributed by atoms with van der Waals surface area (Å²) in [4.78, 5) is 78.5. The van der Waals surface area contributed by atoms with Gasteiger partial charge < -0.3 is 49.7 Å². The molecule has 4 amide bonds. The molecule has 9 rings (SSSR count). The number of carbonyl (C=O) groups is 4. The van der Waals surface area contributed by atoms with Crippen LogP contribution in [0.15, 0.2) is 91.4 Å². The number of aromatic amines is 2. The van der Waals surface area contributed by atoms with Gasteiger partial charge in [-0.3, -0.25) is 9.59 Å². The van der Waals surface area contributed by atoms with Crippen molar-refractivity contribution in [3.05, 3.63) is 103 Å². The molecular formula is C53H63N11O6. The molecule has 6 aromatic rings. The van der Waals surface area contributed by atoms with Crippen molar-refractivity contribution in [2.45, 2.75) is 96.8 Å². The predicted octanol–water partition coefficient (Wildman–Crippen LogP) is 8.98. The number of carbonyl (C=O) groups excluding carboxylic acids is 3. The van der Waals surface area contributed by atoms with E-state index in [1.54, 1.807) is 4.90 Å². The van der Waals surface area contributed by atoms with Crippen LogP contribution in [0.2, 0.25) is 0 Å². The van der Waals surface area contributed by atoms with Gasteiger partial charge in [-0.1, -0.05) is 76.2 Å². The number of carboxylic acid groups (broad SMARTS) is 1. The number of nitrogens with one attached hydrogen (secondary N) is 4. The number of H-pyrrole nitrogens is 2. The number of ether oxygens (including phenoxy) is 1. The highest BCUT2D eigenvalue weighted by atomic mass is 16.5. The molecule has 0 radical (unpaired) electrons. The Labute approximate surface area is 408 Å². The quantitative estimate of drug-likeness (QED) is 0.0701. The Morgan fingerprint density at radius 1 is 0.629 bits per heavy atom. The van der Waals surface area contributed by atoms with Crippen molar-refractivity contribution in [1.29, 1.82) is 0 Å². The summed E-state index contributed by atoms with van der Waals surface area (Å²) in [5.74, 6) is 1.66. The average Bonchev–Trinajstić information content (AvgIpc) is 4.24. The Morgan fingerprint density at radius 2 is 1.11 bits per heavy atom. The number of nitrogens with zero attached hydrogens (tertiary/aromatic N) is 7. The van der Waals surface area contributed by atoms with Gasteiger partial charge in [-0.05, 0) is 92.2 Å². The molecule has 1 unspecified atom stereocenters. The third kappa shape index (κ3) is 9.87. The standard InChI is InChI=1S/C53H63N11O6/c1-32(2)46(59-52(67)68)50(65)62-27-9-11-43(62)48-55-30-39(57-48)34-13-17-36(18-14-34)41-22-23-42(64(41)38-21-24-45(54-29-38)61-25-7-6-8-26-61)37-19-15-35(16-20-37)40-31-56-49(58-40)44-12-10-28-63(44)51(66)47(33(3)4)60-53(69)70-5/h13-24,29-33,43-44,46-47,59H,6-12,25-28H2,1-5H3,(H,55,57)(H,56,58)(H,60,69)(H,67,68)/t43-,44?,46-,47-/m0/s1. The third-order valence-electron chi connectivity index (χ3n) is 14.0. The van der Waals surface area contributed by atoms with Crippen LogP contribution in [-0.4, -0.2) is 114 Å². The summed E-state index contributed by atoms with van der Waals surface area (Å²) in [5, 5.41) is 14.5. The van der Waals surface area contributed by atoms with E-state index in [9.17, 15) is 24.3 Å². The van der Waals surface area contributed by atoms with E-state index < -0.39 is 24.3 Å². The fourth-order valence-electron chi connectivity index (χ4n) is 10.3. The highest BCUT2D eigenvalue weighted by molar-refractivity contribution is 5.87. The normalized spacial score (nSPS) is 18.1. The molecule has 7 heterocycles.